The van der Waals surface area contributed by atoms with E-state index in [0.717, 1.165) is 60.9 Å². The van der Waals surface area contributed by atoms with E-state index in [1.54, 1.807) is 23.5 Å². The third-order valence-electron chi connectivity index (χ3n) is 4.70. The minimum Gasteiger partial charge on any atom is -0.486 e. The molecule has 2 heterocycles. The average molecular weight is 495 g/mol. The van der Waals surface area contributed by atoms with Crippen LogP contribution in [0.25, 0.3) is 10.2 Å². The average Bonchev–Trinajstić information content (AvgIpc) is 3.10. The highest BCUT2D eigenvalue weighted by Crippen LogP contribution is 2.35. The van der Waals surface area contributed by atoms with E-state index in [1.165, 1.54) is 11.3 Å². The number of nitrogens with zero attached hydrogens (tertiary/aromatic N) is 2. The summed E-state index contributed by atoms with van der Waals surface area (Å²) >= 11 is 10.9. The Kier molecular flexibility index (Phi) is 7.87. The number of aryl methyl sites for hydroxylation is 1. The summed E-state index contributed by atoms with van der Waals surface area (Å²) in [6.45, 7) is 1.90. The van der Waals surface area contributed by atoms with Gasteiger partial charge in [-0.05, 0) is 42.7 Å². The molecule has 1 aliphatic heterocycles. The first kappa shape index (κ1) is 22.6. The normalized spacial score (nSPS) is 13.7. The lowest BCUT2D eigenvalue weighted by Gasteiger charge is -2.18. The molecular formula is C22H23ClN2O3S3. The maximum Gasteiger partial charge on any atom is 0.248 e. The summed E-state index contributed by atoms with van der Waals surface area (Å²) < 4.78 is 14.6. The van der Waals surface area contributed by atoms with Gasteiger partial charge in [-0.1, -0.05) is 22.9 Å². The SMILES string of the molecule is CSCCn1c(=NC(=O)CCCSc2ccc(Cl)cc2)sc2cc3c(cc21)OCCO3. The van der Waals surface area contributed by atoms with Crippen LogP contribution in [0.4, 0.5) is 0 Å². The Morgan fingerprint density at radius 1 is 1.16 bits per heavy atom. The zero-order valence-electron chi connectivity index (χ0n) is 17.1. The van der Waals surface area contributed by atoms with Gasteiger partial charge < -0.3 is 14.0 Å². The topological polar surface area (TPSA) is 52.8 Å². The van der Waals surface area contributed by atoms with Crippen LogP contribution < -0.4 is 14.3 Å². The van der Waals surface area contributed by atoms with Crippen molar-refractivity contribution in [1.29, 1.82) is 0 Å². The third-order valence-corrected chi connectivity index (χ3v) is 7.69. The Balaban J connectivity index is 1.48. The fraction of sp³-hybridized carbons (Fsp3) is 0.364. The van der Waals surface area contributed by atoms with Crippen molar-refractivity contribution < 1.29 is 14.3 Å². The first-order chi connectivity index (χ1) is 15.1. The fourth-order valence-corrected chi connectivity index (χ4v) is 5.62. The van der Waals surface area contributed by atoms with Gasteiger partial charge in [0.1, 0.15) is 13.2 Å². The highest BCUT2D eigenvalue weighted by atomic mass is 35.5. The molecule has 0 radical (unpaired) electrons. The van der Waals surface area contributed by atoms with Gasteiger partial charge in [0.25, 0.3) is 0 Å². The maximum atomic E-state index is 12.6. The predicted octanol–water partition coefficient (Wildman–Crippen LogP) is 5.49. The van der Waals surface area contributed by atoms with Gasteiger partial charge in [0.2, 0.25) is 5.91 Å². The number of thioether (sulfide) groups is 2. The second-order valence-electron chi connectivity index (χ2n) is 6.90. The second-order valence-corrected chi connectivity index (χ2v) is 10.5. The zero-order valence-corrected chi connectivity index (χ0v) is 20.3. The molecule has 5 nitrogen and oxygen atoms in total. The molecule has 3 aromatic rings. The molecule has 0 unspecified atom stereocenters. The van der Waals surface area contributed by atoms with Crippen molar-refractivity contribution in [3.8, 4) is 11.5 Å². The number of ether oxygens (including phenoxy) is 2. The molecule has 0 bridgehead atoms. The maximum absolute atomic E-state index is 12.6. The van der Waals surface area contributed by atoms with Gasteiger partial charge >= 0.3 is 0 Å². The quantitative estimate of drug-likeness (QED) is 0.306. The van der Waals surface area contributed by atoms with Crippen LogP contribution in [-0.4, -0.2) is 41.4 Å². The lowest BCUT2D eigenvalue weighted by molar-refractivity contribution is -0.118. The number of hydrogen-bond donors (Lipinski definition) is 0. The Morgan fingerprint density at radius 3 is 2.65 bits per heavy atom. The van der Waals surface area contributed by atoms with Crippen molar-refractivity contribution in [2.45, 2.75) is 24.3 Å². The minimum absolute atomic E-state index is 0.0848. The first-order valence-electron chi connectivity index (χ1n) is 10.0. The standard InChI is InChI=1S/C22H23ClN2O3S3/c1-29-12-8-25-17-13-18-19(28-10-9-27-18)14-20(17)31-22(25)24-21(26)3-2-11-30-16-6-4-15(23)5-7-16/h4-7,13-14H,2-3,8-12H2,1H3. The van der Waals surface area contributed by atoms with Gasteiger partial charge in [-0.3, -0.25) is 4.79 Å². The number of benzene rings is 2. The molecule has 0 atom stereocenters. The van der Waals surface area contributed by atoms with Crippen LogP contribution in [0.1, 0.15) is 12.8 Å². The van der Waals surface area contributed by atoms with Crippen LogP contribution in [0.3, 0.4) is 0 Å². The summed E-state index contributed by atoms with van der Waals surface area (Å²) in [5.41, 5.74) is 1.04. The van der Waals surface area contributed by atoms with Crippen LogP contribution in [-0.2, 0) is 11.3 Å². The van der Waals surface area contributed by atoms with E-state index < -0.39 is 0 Å². The van der Waals surface area contributed by atoms with Crippen LogP contribution in [0.15, 0.2) is 46.3 Å². The molecule has 1 amide bonds. The molecule has 0 spiro atoms. The molecule has 1 aromatic heterocycles. The first-order valence-corrected chi connectivity index (χ1v) is 13.6. The summed E-state index contributed by atoms with van der Waals surface area (Å²) in [5.74, 6) is 3.24. The van der Waals surface area contributed by atoms with Crippen molar-refractivity contribution in [3.63, 3.8) is 0 Å². The monoisotopic (exact) mass is 494 g/mol. The van der Waals surface area contributed by atoms with Crippen LogP contribution in [0.5, 0.6) is 11.5 Å². The van der Waals surface area contributed by atoms with E-state index in [-0.39, 0.29) is 5.91 Å². The lowest BCUT2D eigenvalue weighted by atomic mass is 10.2. The molecular weight excluding hydrogens is 472 g/mol. The summed E-state index contributed by atoms with van der Waals surface area (Å²) in [6.07, 6.45) is 3.29. The summed E-state index contributed by atoms with van der Waals surface area (Å²) in [7, 11) is 0. The highest BCUT2D eigenvalue weighted by molar-refractivity contribution is 7.99. The molecule has 164 valence electrons. The number of aromatic nitrogens is 1. The predicted molar refractivity (Wildman–Crippen MR) is 131 cm³/mol. The molecule has 0 saturated heterocycles. The molecule has 0 saturated carbocycles. The van der Waals surface area contributed by atoms with Crippen molar-refractivity contribution >= 4 is 62.6 Å². The number of rotatable bonds is 8. The van der Waals surface area contributed by atoms with Crippen LogP contribution >= 0.6 is 46.5 Å². The Labute approximate surface area is 198 Å². The minimum atomic E-state index is -0.0848. The molecule has 1 aliphatic rings. The molecule has 0 aliphatic carbocycles. The number of hydrogen-bond acceptors (Lipinski definition) is 6. The number of carbonyl (C=O) groups is 1. The highest BCUT2D eigenvalue weighted by Gasteiger charge is 2.16. The van der Waals surface area contributed by atoms with Crippen molar-refractivity contribution in [3.05, 3.63) is 46.2 Å². The Morgan fingerprint density at radius 2 is 1.90 bits per heavy atom. The largest absolute Gasteiger partial charge is 0.486 e. The smallest absolute Gasteiger partial charge is 0.248 e. The number of carbonyl (C=O) groups excluding carboxylic acids is 1. The summed E-state index contributed by atoms with van der Waals surface area (Å²) in [6, 6.07) is 11.8. The van der Waals surface area contributed by atoms with Gasteiger partial charge in [0.15, 0.2) is 16.3 Å². The number of amides is 1. The van der Waals surface area contributed by atoms with E-state index in [2.05, 4.69) is 15.8 Å². The van der Waals surface area contributed by atoms with E-state index in [1.807, 2.05) is 36.4 Å². The van der Waals surface area contributed by atoms with Gasteiger partial charge in [-0.25, -0.2) is 0 Å². The number of halogens is 1. The van der Waals surface area contributed by atoms with Gasteiger partial charge in [0.05, 0.1) is 10.2 Å². The van der Waals surface area contributed by atoms with E-state index >= 15 is 0 Å². The number of thiazole rings is 1. The van der Waals surface area contributed by atoms with Crippen molar-refractivity contribution in [2.75, 3.05) is 31.0 Å². The molecule has 9 heteroatoms. The third kappa shape index (κ3) is 5.80. The Hall–Kier alpha value is -1.61. The molecule has 0 N–H and O–H groups in total. The molecule has 0 fully saturated rings. The molecule has 31 heavy (non-hydrogen) atoms. The lowest BCUT2D eigenvalue weighted by Crippen LogP contribution is -2.18. The summed E-state index contributed by atoms with van der Waals surface area (Å²) in [5, 5.41) is 0.732. The van der Waals surface area contributed by atoms with Gasteiger partial charge in [0, 0.05) is 40.8 Å². The molecule has 4 rings (SSSR count). The van der Waals surface area contributed by atoms with Crippen molar-refractivity contribution in [1.82, 2.24) is 4.57 Å². The zero-order chi connectivity index (χ0) is 21.6. The van der Waals surface area contributed by atoms with Crippen LogP contribution in [0, 0.1) is 0 Å². The Bertz CT molecular complexity index is 1130. The van der Waals surface area contributed by atoms with Crippen LogP contribution in [0.2, 0.25) is 5.02 Å². The van der Waals surface area contributed by atoms with Crippen molar-refractivity contribution in [2.24, 2.45) is 4.99 Å². The van der Waals surface area contributed by atoms with E-state index in [4.69, 9.17) is 21.1 Å². The van der Waals surface area contributed by atoms with E-state index in [0.29, 0.717) is 19.6 Å². The number of fused-ring (bicyclic) bond motifs is 2. The summed E-state index contributed by atoms with van der Waals surface area (Å²) in [4.78, 5) is 18.9. The fourth-order valence-electron chi connectivity index (χ4n) is 3.20. The molecule has 2 aromatic carbocycles. The van der Waals surface area contributed by atoms with Gasteiger partial charge in [-0.2, -0.15) is 16.8 Å². The van der Waals surface area contributed by atoms with Gasteiger partial charge in [-0.15, -0.1) is 11.8 Å². The second kappa shape index (κ2) is 10.8. The van der Waals surface area contributed by atoms with E-state index in [9.17, 15) is 4.79 Å².